The van der Waals surface area contributed by atoms with Crippen molar-refractivity contribution in [2.75, 3.05) is 11.9 Å². The number of carbonyl (C=O) groups is 1. The third kappa shape index (κ3) is 4.41. The van der Waals surface area contributed by atoms with Crippen LogP contribution in [0.5, 0.6) is 23.0 Å². The van der Waals surface area contributed by atoms with E-state index in [4.69, 9.17) is 14.2 Å². The van der Waals surface area contributed by atoms with Crippen LogP contribution in [0.4, 0.5) is 5.69 Å². The van der Waals surface area contributed by atoms with E-state index in [1.165, 1.54) is 0 Å². The zero-order chi connectivity index (χ0) is 21.8. The Morgan fingerprint density at radius 2 is 1.75 bits per heavy atom. The Morgan fingerprint density at radius 1 is 1.00 bits per heavy atom. The number of hydrogen-bond donors (Lipinski definition) is 1. The van der Waals surface area contributed by atoms with Crippen molar-refractivity contribution in [2.24, 2.45) is 0 Å². The van der Waals surface area contributed by atoms with E-state index >= 15 is 0 Å². The molecule has 1 amide bonds. The summed E-state index contributed by atoms with van der Waals surface area (Å²) in [5, 5.41) is 7.22. The summed E-state index contributed by atoms with van der Waals surface area (Å²) in [5.41, 5.74) is 1.02. The van der Waals surface area contributed by atoms with Crippen molar-refractivity contribution in [3.8, 4) is 23.0 Å². The van der Waals surface area contributed by atoms with E-state index in [1.54, 1.807) is 35.3 Å². The minimum atomic E-state index is -0.276. The predicted octanol–water partition coefficient (Wildman–Crippen LogP) is 4.77. The number of ether oxygens (including phenoxy) is 3. The zero-order valence-electron chi connectivity index (χ0n) is 17.2. The molecule has 5 rings (SSSR count). The van der Waals surface area contributed by atoms with Gasteiger partial charge in [-0.2, -0.15) is 5.10 Å². The van der Waals surface area contributed by atoms with Gasteiger partial charge >= 0.3 is 0 Å². The number of rotatable bonds is 6. The van der Waals surface area contributed by atoms with Gasteiger partial charge in [0.1, 0.15) is 18.1 Å². The van der Waals surface area contributed by atoms with Crippen LogP contribution in [0, 0.1) is 0 Å². The van der Waals surface area contributed by atoms with E-state index in [0.717, 1.165) is 11.5 Å². The molecule has 0 spiro atoms. The van der Waals surface area contributed by atoms with Gasteiger partial charge in [-0.15, -0.1) is 0 Å². The molecule has 32 heavy (non-hydrogen) atoms. The Kier molecular flexibility index (Phi) is 5.45. The summed E-state index contributed by atoms with van der Waals surface area (Å²) in [7, 11) is 0. The lowest BCUT2D eigenvalue weighted by Gasteiger charge is -2.26. The smallest absolute Gasteiger partial charge is 0.259 e. The van der Waals surface area contributed by atoms with E-state index in [-0.39, 0.29) is 12.0 Å². The normalized spacial score (nSPS) is 14.6. The standard InChI is InChI=1S/C25H21N3O4/c29-25(21-10-4-5-11-22(21)31-19-8-2-1-3-9-19)27-18-14-26-28(15-18)16-20-17-30-23-12-6-7-13-24(23)32-20/h1-15,20H,16-17H2,(H,27,29). The van der Waals surface area contributed by atoms with E-state index in [1.807, 2.05) is 60.7 Å². The van der Waals surface area contributed by atoms with Crippen molar-refractivity contribution in [3.63, 3.8) is 0 Å². The Labute approximate surface area is 185 Å². The minimum absolute atomic E-state index is 0.173. The molecule has 4 aromatic rings. The van der Waals surface area contributed by atoms with Crippen LogP contribution in [-0.2, 0) is 6.54 Å². The highest BCUT2D eigenvalue weighted by molar-refractivity contribution is 6.06. The van der Waals surface area contributed by atoms with Gasteiger partial charge in [0.05, 0.1) is 24.0 Å². The van der Waals surface area contributed by atoms with Gasteiger partial charge in [-0.1, -0.05) is 42.5 Å². The average Bonchev–Trinajstić information content (AvgIpc) is 3.26. The maximum Gasteiger partial charge on any atom is 0.259 e. The third-order valence-corrected chi connectivity index (χ3v) is 4.95. The van der Waals surface area contributed by atoms with E-state index in [2.05, 4.69) is 10.4 Å². The summed E-state index contributed by atoms with van der Waals surface area (Å²) >= 11 is 0. The van der Waals surface area contributed by atoms with E-state index in [9.17, 15) is 4.79 Å². The van der Waals surface area contributed by atoms with Crippen LogP contribution in [0.1, 0.15) is 10.4 Å². The molecule has 3 aromatic carbocycles. The van der Waals surface area contributed by atoms with Crippen molar-refractivity contribution in [3.05, 3.63) is 96.8 Å². The van der Waals surface area contributed by atoms with Gasteiger partial charge in [0.15, 0.2) is 17.6 Å². The number of benzene rings is 3. The summed E-state index contributed by atoms with van der Waals surface area (Å²) in [6.45, 7) is 0.931. The third-order valence-electron chi connectivity index (χ3n) is 4.95. The lowest BCUT2D eigenvalue weighted by Crippen LogP contribution is -2.33. The number of hydrogen-bond acceptors (Lipinski definition) is 5. The van der Waals surface area contributed by atoms with Crippen LogP contribution in [0.25, 0.3) is 0 Å². The Morgan fingerprint density at radius 3 is 2.62 bits per heavy atom. The molecule has 0 fully saturated rings. The number of nitrogens with zero attached hydrogens (tertiary/aromatic N) is 2. The highest BCUT2D eigenvalue weighted by atomic mass is 16.6. The summed E-state index contributed by atoms with van der Waals surface area (Å²) in [5.74, 6) is 2.34. The van der Waals surface area contributed by atoms with Crippen LogP contribution in [0.15, 0.2) is 91.3 Å². The monoisotopic (exact) mass is 427 g/mol. The number of aromatic nitrogens is 2. The molecule has 7 nitrogen and oxygen atoms in total. The van der Waals surface area contributed by atoms with Crippen molar-refractivity contribution in [1.29, 1.82) is 0 Å². The summed E-state index contributed by atoms with van der Waals surface area (Å²) in [6, 6.07) is 24.1. The van der Waals surface area contributed by atoms with Crippen LogP contribution < -0.4 is 19.5 Å². The molecule has 0 saturated carbocycles. The summed E-state index contributed by atoms with van der Waals surface area (Å²) in [4.78, 5) is 12.9. The number of amides is 1. The molecule has 0 radical (unpaired) electrons. The fraction of sp³-hybridized carbons (Fsp3) is 0.120. The number of carbonyl (C=O) groups excluding carboxylic acids is 1. The molecule has 0 bridgehead atoms. The molecular formula is C25H21N3O4. The van der Waals surface area contributed by atoms with Crippen LogP contribution in [0.3, 0.4) is 0 Å². The zero-order valence-corrected chi connectivity index (χ0v) is 17.2. The first-order valence-electron chi connectivity index (χ1n) is 10.3. The van der Waals surface area contributed by atoms with Gasteiger partial charge in [-0.25, -0.2) is 0 Å². The second kappa shape index (κ2) is 8.85. The molecule has 1 aliphatic heterocycles. The van der Waals surface area contributed by atoms with E-state index < -0.39 is 0 Å². The molecule has 1 aromatic heterocycles. The minimum Gasteiger partial charge on any atom is -0.486 e. The first-order chi connectivity index (χ1) is 15.7. The molecule has 1 N–H and O–H groups in total. The molecular weight excluding hydrogens is 406 g/mol. The lowest BCUT2D eigenvalue weighted by atomic mass is 10.2. The molecule has 1 aliphatic rings. The summed E-state index contributed by atoms with van der Waals surface area (Å²) in [6.07, 6.45) is 3.20. The Bertz CT molecular complexity index is 1220. The maximum absolute atomic E-state index is 12.9. The highest BCUT2D eigenvalue weighted by Gasteiger charge is 2.21. The Hall–Kier alpha value is -4.26. The molecule has 1 unspecified atom stereocenters. The van der Waals surface area contributed by atoms with Gasteiger partial charge in [0.2, 0.25) is 0 Å². The van der Waals surface area contributed by atoms with Crippen LogP contribution >= 0.6 is 0 Å². The average molecular weight is 427 g/mol. The van der Waals surface area contributed by atoms with E-state index in [0.29, 0.717) is 35.9 Å². The van der Waals surface area contributed by atoms with Crippen molar-refractivity contribution in [2.45, 2.75) is 12.6 Å². The molecule has 0 aliphatic carbocycles. The number of nitrogens with one attached hydrogen (secondary N) is 1. The fourth-order valence-corrected chi connectivity index (χ4v) is 3.45. The topological polar surface area (TPSA) is 74.6 Å². The summed E-state index contributed by atoms with van der Waals surface area (Å²) < 4.78 is 19.3. The first kappa shape index (κ1) is 19.7. The van der Waals surface area contributed by atoms with Gasteiger partial charge in [-0.05, 0) is 36.4 Å². The number of para-hydroxylation sites is 4. The Balaban J connectivity index is 1.24. The van der Waals surface area contributed by atoms with Crippen molar-refractivity contribution < 1.29 is 19.0 Å². The fourth-order valence-electron chi connectivity index (χ4n) is 3.45. The second-order valence-electron chi connectivity index (χ2n) is 7.31. The molecule has 1 atom stereocenters. The number of fused-ring (bicyclic) bond motifs is 1. The van der Waals surface area contributed by atoms with Crippen molar-refractivity contribution >= 4 is 11.6 Å². The molecule has 160 valence electrons. The van der Waals surface area contributed by atoms with Gasteiger partial charge in [0, 0.05) is 6.20 Å². The van der Waals surface area contributed by atoms with Gasteiger partial charge in [-0.3, -0.25) is 9.48 Å². The van der Waals surface area contributed by atoms with Crippen LogP contribution in [0.2, 0.25) is 0 Å². The largest absolute Gasteiger partial charge is 0.486 e. The first-order valence-corrected chi connectivity index (χ1v) is 10.3. The molecule has 0 saturated heterocycles. The lowest BCUT2D eigenvalue weighted by molar-refractivity contribution is 0.0759. The quantitative estimate of drug-likeness (QED) is 0.480. The van der Waals surface area contributed by atoms with Crippen molar-refractivity contribution in [1.82, 2.24) is 9.78 Å². The van der Waals surface area contributed by atoms with Gasteiger partial charge in [0.25, 0.3) is 5.91 Å². The molecule has 2 heterocycles. The SMILES string of the molecule is O=C(Nc1cnn(CC2COc3ccccc3O2)c1)c1ccccc1Oc1ccccc1. The highest BCUT2D eigenvalue weighted by Crippen LogP contribution is 2.31. The second-order valence-corrected chi connectivity index (χ2v) is 7.31. The maximum atomic E-state index is 12.9. The number of anilines is 1. The van der Waals surface area contributed by atoms with Crippen LogP contribution in [-0.4, -0.2) is 28.4 Å². The van der Waals surface area contributed by atoms with Gasteiger partial charge < -0.3 is 19.5 Å². The predicted molar refractivity (Wildman–Crippen MR) is 119 cm³/mol. The molecule has 7 heteroatoms.